The number of likely N-dealkylation sites (tertiary alicyclic amines) is 1. The van der Waals surface area contributed by atoms with E-state index in [1.54, 1.807) is 11.0 Å². The highest BCUT2D eigenvalue weighted by Gasteiger charge is 2.30. The first kappa shape index (κ1) is 19.1. The van der Waals surface area contributed by atoms with Crippen molar-refractivity contribution in [2.45, 2.75) is 17.5 Å². The topological polar surface area (TPSA) is 46.3 Å². The van der Waals surface area contributed by atoms with Gasteiger partial charge in [-0.3, -0.25) is 4.79 Å². The van der Waals surface area contributed by atoms with Gasteiger partial charge in [-0.15, -0.1) is 24.2 Å². The van der Waals surface area contributed by atoms with E-state index in [0.29, 0.717) is 30.4 Å². The molecule has 1 unspecified atom stereocenters. The summed E-state index contributed by atoms with van der Waals surface area (Å²) in [5, 5.41) is 0. The fraction of sp³-hybridized carbons (Fsp3) is 0.500. The molecule has 1 aliphatic heterocycles. The molecule has 2 N–H and O–H groups in total. The molecule has 8 heteroatoms. The number of nitrogens with two attached hydrogens (primary N) is 1. The highest BCUT2D eigenvalue weighted by molar-refractivity contribution is 8.00. The summed E-state index contributed by atoms with van der Waals surface area (Å²) in [5.74, 6) is 0.444. The summed E-state index contributed by atoms with van der Waals surface area (Å²) in [6.07, 6.45) is -3.46. The molecule has 1 fully saturated rings. The highest BCUT2D eigenvalue weighted by Crippen LogP contribution is 2.32. The van der Waals surface area contributed by atoms with Crippen molar-refractivity contribution in [3.05, 3.63) is 29.8 Å². The van der Waals surface area contributed by atoms with Gasteiger partial charge < -0.3 is 10.6 Å². The van der Waals surface area contributed by atoms with Crippen LogP contribution in [0, 0.1) is 5.92 Å². The number of nitrogens with zero attached hydrogens (tertiary/aromatic N) is 1. The molecule has 1 amide bonds. The number of hydrogen-bond donors (Lipinski definition) is 1. The SMILES string of the molecule is Cl.NCC1CCN(C(=O)CSc2cccc(C(F)(F)F)c2)C1. The fourth-order valence-electron chi connectivity index (χ4n) is 2.25. The van der Waals surface area contributed by atoms with E-state index in [1.165, 1.54) is 6.07 Å². The van der Waals surface area contributed by atoms with Crippen LogP contribution < -0.4 is 5.73 Å². The van der Waals surface area contributed by atoms with Crippen LogP contribution in [0.5, 0.6) is 0 Å². The fourth-order valence-corrected chi connectivity index (χ4v) is 3.11. The van der Waals surface area contributed by atoms with Crippen molar-refractivity contribution in [2.24, 2.45) is 11.7 Å². The van der Waals surface area contributed by atoms with Crippen molar-refractivity contribution in [3.8, 4) is 0 Å². The maximum atomic E-state index is 12.6. The lowest BCUT2D eigenvalue weighted by molar-refractivity contribution is -0.137. The Balaban J connectivity index is 0.00000242. The van der Waals surface area contributed by atoms with E-state index >= 15 is 0 Å². The molecule has 0 saturated carbocycles. The maximum absolute atomic E-state index is 12.6. The summed E-state index contributed by atoms with van der Waals surface area (Å²) in [5.41, 5.74) is 4.88. The Kier molecular flexibility index (Phi) is 7.02. The van der Waals surface area contributed by atoms with Crippen LogP contribution in [0.25, 0.3) is 0 Å². The Morgan fingerprint density at radius 2 is 2.14 bits per heavy atom. The largest absolute Gasteiger partial charge is 0.416 e. The van der Waals surface area contributed by atoms with E-state index in [0.717, 1.165) is 30.3 Å². The third kappa shape index (κ3) is 5.07. The van der Waals surface area contributed by atoms with Gasteiger partial charge in [0.1, 0.15) is 0 Å². The van der Waals surface area contributed by atoms with Gasteiger partial charge in [0, 0.05) is 18.0 Å². The molecular weight excluding hydrogens is 337 g/mol. The number of rotatable bonds is 4. The van der Waals surface area contributed by atoms with Crippen LogP contribution >= 0.6 is 24.2 Å². The van der Waals surface area contributed by atoms with E-state index in [9.17, 15) is 18.0 Å². The number of carbonyl (C=O) groups is 1. The molecule has 0 aromatic heterocycles. The molecule has 1 heterocycles. The summed E-state index contributed by atoms with van der Waals surface area (Å²) in [4.78, 5) is 14.2. The van der Waals surface area contributed by atoms with Gasteiger partial charge in [0.15, 0.2) is 0 Å². The molecule has 22 heavy (non-hydrogen) atoms. The minimum absolute atomic E-state index is 0. The Morgan fingerprint density at radius 3 is 2.73 bits per heavy atom. The molecule has 1 aromatic rings. The van der Waals surface area contributed by atoms with Gasteiger partial charge >= 0.3 is 6.18 Å². The minimum atomic E-state index is -4.36. The summed E-state index contributed by atoms with van der Waals surface area (Å²) in [7, 11) is 0. The van der Waals surface area contributed by atoms with Crippen molar-refractivity contribution in [3.63, 3.8) is 0 Å². The summed E-state index contributed by atoms with van der Waals surface area (Å²) in [6, 6.07) is 5.04. The Hall–Kier alpha value is -0.920. The standard InChI is InChI=1S/C14H17F3N2OS.ClH/c15-14(16,17)11-2-1-3-12(6-11)21-9-13(20)19-5-4-10(7-18)8-19;/h1-3,6,10H,4-5,7-9,18H2;1H. The number of thioether (sulfide) groups is 1. The zero-order valence-electron chi connectivity index (χ0n) is 11.8. The Bertz CT molecular complexity index is 513. The summed E-state index contributed by atoms with van der Waals surface area (Å²) in [6.45, 7) is 1.90. The third-order valence-electron chi connectivity index (χ3n) is 3.50. The van der Waals surface area contributed by atoms with E-state index in [1.807, 2.05) is 0 Å². The molecule has 1 atom stereocenters. The van der Waals surface area contributed by atoms with Gasteiger partial charge in [-0.25, -0.2) is 0 Å². The molecule has 1 aliphatic rings. The molecule has 0 spiro atoms. The number of alkyl halides is 3. The monoisotopic (exact) mass is 354 g/mol. The predicted octanol–water partition coefficient (Wildman–Crippen LogP) is 3.03. The number of halogens is 4. The number of carbonyl (C=O) groups excluding carboxylic acids is 1. The number of benzene rings is 1. The smallest absolute Gasteiger partial charge is 0.342 e. The summed E-state index contributed by atoms with van der Waals surface area (Å²) < 4.78 is 37.8. The van der Waals surface area contributed by atoms with Crippen molar-refractivity contribution in [1.29, 1.82) is 0 Å². The van der Waals surface area contributed by atoms with Crippen LogP contribution in [-0.2, 0) is 11.0 Å². The quantitative estimate of drug-likeness (QED) is 0.845. The maximum Gasteiger partial charge on any atom is 0.416 e. The second-order valence-corrected chi connectivity index (χ2v) is 6.09. The lowest BCUT2D eigenvalue weighted by Gasteiger charge is -2.16. The highest BCUT2D eigenvalue weighted by atomic mass is 35.5. The van der Waals surface area contributed by atoms with Crippen LogP contribution in [-0.4, -0.2) is 36.2 Å². The van der Waals surface area contributed by atoms with Crippen LogP contribution in [0.3, 0.4) is 0 Å². The van der Waals surface area contributed by atoms with E-state index in [2.05, 4.69) is 0 Å². The second kappa shape index (κ2) is 8.08. The first-order valence-electron chi connectivity index (χ1n) is 6.68. The minimum Gasteiger partial charge on any atom is -0.342 e. The van der Waals surface area contributed by atoms with Crippen LogP contribution in [0.1, 0.15) is 12.0 Å². The number of amides is 1. The lowest BCUT2D eigenvalue weighted by atomic mass is 10.1. The first-order valence-corrected chi connectivity index (χ1v) is 7.66. The van der Waals surface area contributed by atoms with E-state index in [4.69, 9.17) is 5.73 Å². The van der Waals surface area contributed by atoms with Gasteiger partial charge in [-0.05, 0) is 37.1 Å². The molecule has 1 saturated heterocycles. The van der Waals surface area contributed by atoms with Gasteiger partial charge in [0.05, 0.1) is 11.3 Å². The average Bonchev–Trinajstić information content (AvgIpc) is 2.93. The van der Waals surface area contributed by atoms with Gasteiger partial charge in [0.25, 0.3) is 0 Å². The van der Waals surface area contributed by atoms with Gasteiger partial charge in [-0.2, -0.15) is 13.2 Å². The van der Waals surface area contributed by atoms with E-state index in [-0.39, 0.29) is 24.1 Å². The van der Waals surface area contributed by atoms with Crippen molar-refractivity contribution in [2.75, 3.05) is 25.4 Å². The molecule has 0 aliphatic carbocycles. The van der Waals surface area contributed by atoms with Crippen molar-refractivity contribution < 1.29 is 18.0 Å². The zero-order valence-corrected chi connectivity index (χ0v) is 13.4. The molecule has 1 aromatic carbocycles. The van der Waals surface area contributed by atoms with Crippen LogP contribution in [0.2, 0.25) is 0 Å². The lowest BCUT2D eigenvalue weighted by Crippen LogP contribution is -2.31. The van der Waals surface area contributed by atoms with Crippen molar-refractivity contribution in [1.82, 2.24) is 4.90 Å². The molecule has 0 bridgehead atoms. The van der Waals surface area contributed by atoms with Crippen molar-refractivity contribution >= 4 is 30.1 Å². The first-order chi connectivity index (χ1) is 9.90. The zero-order chi connectivity index (χ0) is 15.5. The normalized spacial score (nSPS) is 18.2. The Labute approximate surface area is 137 Å². The van der Waals surface area contributed by atoms with Gasteiger partial charge in [-0.1, -0.05) is 6.07 Å². The molecular formula is C14H18ClF3N2OS. The molecule has 124 valence electrons. The summed E-state index contributed by atoms with van der Waals surface area (Å²) >= 11 is 1.13. The van der Waals surface area contributed by atoms with Crippen LogP contribution in [0.15, 0.2) is 29.2 Å². The second-order valence-electron chi connectivity index (χ2n) is 5.04. The predicted molar refractivity (Wildman–Crippen MR) is 83.2 cm³/mol. The molecule has 3 nitrogen and oxygen atoms in total. The van der Waals surface area contributed by atoms with Gasteiger partial charge in [0.2, 0.25) is 5.91 Å². The van der Waals surface area contributed by atoms with Crippen LogP contribution in [0.4, 0.5) is 13.2 Å². The average molecular weight is 355 g/mol. The Morgan fingerprint density at radius 1 is 1.41 bits per heavy atom. The van der Waals surface area contributed by atoms with E-state index < -0.39 is 11.7 Å². The third-order valence-corrected chi connectivity index (χ3v) is 4.47. The molecule has 2 rings (SSSR count). The molecule has 0 radical (unpaired) electrons. The number of hydrogen-bond acceptors (Lipinski definition) is 3.